The number of ether oxygens (including phenoxy) is 1. The van der Waals surface area contributed by atoms with Crippen LogP contribution in [0.4, 0.5) is 4.79 Å². The van der Waals surface area contributed by atoms with E-state index in [4.69, 9.17) is 5.11 Å². The smallest absolute Gasteiger partial charge is 0.325 e. The Hall–Kier alpha value is -1.79. The number of nitrogens with zero attached hydrogens (tertiary/aromatic N) is 2. The number of carboxylic acids is 1. The van der Waals surface area contributed by atoms with E-state index in [1.165, 1.54) is 16.9 Å². The van der Waals surface area contributed by atoms with Gasteiger partial charge in [0.1, 0.15) is 13.1 Å². The van der Waals surface area contributed by atoms with Crippen molar-refractivity contribution in [2.24, 2.45) is 0 Å². The number of carboxylic acid groups (broad SMARTS) is 1. The normalized spacial score (nSPS) is 11.6. The molecule has 1 N–H and O–H groups in total. The molecule has 0 saturated carbocycles. The summed E-state index contributed by atoms with van der Waals surface area (Å²) >= 11 is 0. The molecule has 2 amide bonds. The molecule has 7 nitrogen and oxygen atoms in total. The Labute approximate surface area is 119 Å². The fourth-order valence-corrected chi connectivity index (χ4v) is 1.69. The third kappa shape index (κ3) is 5.90. The number of amides is 2. The molecule has 0 aliphatic heterocycles. The van der Waals surface area contributed by atoms with Crippen LogP contribution in [0.1, 0.15) is 33.6 Å². The Kier molecular flexibility index (Phi) is 8.35. The molecule has 0 spiro atoms. The van der Waals surface area contributed by atoms with Crippen molar-refractivity contribution in [3.63, 3.8) is 0 Å². The molecule has 0 bridgehead atoms. The minimum absolute atomic E-state index is 0.171. The summed E-state index contributed by atoms with van der Waals surface area (Å²) in [5.41, 5.74) is 0. The lowest BCUT2D eigenvalue weighted by Gasteiger charge is -2.32. The summed E-state index contributed by atoms with van der Waals surface area (Å²) in [4.78, 5) is 37.2. The number of rotatable bonds is 8. The van der Waals surface area contributed by atoms with E-state index < -0.39 is 18.0 Å². The van der Waals surface area contributed by atoms with Crippen LogP contribution >= 0.6 is 0 Å². The fourth-order valence-electron chi connectivity index (χ4n) is 1.69. The summed E-state index contributed by atoms with van der Waals surface area (Å²) in [5.74, 6) is -1.60. The summed E-state index contributed by atoms with van der Waals surface area (Å²) in [7, 11) is 1.25. The largest absolute Gasteiger partial charge is 0.480 e. The van der Waals surface area contributed by atoms with Crippen LogP contribution in [0, 0.1) is 0 Å². The maximum Gasteiger partial charge on any atom is 0.325 e. The molecule has 0 heterocycles. The van der Waals surface area contributed by atoms with Gasteiger partial charge in [-0.15, -0.1) is 0 Å². The van der Waals surface area contributed by atoms with Gasteiger partial charge in [0.05, 0.1) is 7.11 Å². The molecule has 7 heteroatoms. The van der Waals surface area contributed by atoms with Gasteiger partial charge in [0.2, 0.25) is 0 Å². The van der Waals surface area contributed by atoms with E-state index in [-0.39, 0.29) is 19.1 Å². The lowest BCUT2D eigenvalue weighted by molar-refractivity contribution is -0.141. The van der Waals surface area contributed by atoms with Crippen LogP contribution < -0.4 is 0 Å². The Balaban J connectivity index is 5.02. The molecule has 0 aromatic carbocycles. The number of aliphatic carboxylic acids is 1. The predicted molar refractivity (Wildman–Crippen MR) is 73.4 cm³/mol. The van der Waals surface area contributed by atoms with Crippen LogP contribution in [0.2, 0.25) is 0 Å². The summed E-state index contributed by atoms with van der Waals surface area (Å²) in [6, 6.07) is -0.662. The van der Waals surface area contributed by atoms with Crippen LogP contribution in [0.3, 0.4) is 0 Å². The molecule has 20 heavy (non-hydrogen) atoms. The molecule has 0 fully saturated rings. The van der Waals surface area contributed by atoms with E-state index in [0.717, 1.165) is 0 Å². The van der Waals surface area contributed by atoms with Gasteiger partial charge in [0.25, 0.3) is 0 Å². The van der Waals surface area contributed by atoms with Crippen molar-refractivity contribution in [1.29, 1.82) is 0 Å². The lowest BCUT2D eigenvalue weighted by Crippen LogP contribution is -2.50. The highest BCUT2D eigenvalue weighted by Gasteiger charge is 2.27. The first-order valence-corrected chi connectivity index (χ1v) is 6.71. The maximum atomic E-state index is 12.4. The highest BCUT2D eigenvalue weighted by atomic mass is 16.5. The molecule has 0 radical (unpaired) electrons. The first-order valence-electron chi connectivity index (χ1n) is 6.71. The Morgan fingerprint density at radius 3 is 2.20 bits per heavy atom. The number of hydrogen-bond acceptors (Lipinski definition) is 4. The minimum atomic E-state index is -1.08. The molecule has 0 aliphatic carbocycles. The maximum absolute atomic E-state index is 12.4. The van der Waals surface area contributed by atoms with Crippen molar-refractivity contribution < 1.29 is 24.2 Å². The van der Waals surface area contributed by atoms with Gasteiger partial charge in [-0.1, -0.05) is 13.8 Å². The number of esters is 1. The van der Waals surface area contributed by atoms with E-state index in [2.05, 4.69) is 4.74 Å². The third-order valence-electron chi connectivity index (χ3n) is 2.99. The highest BCUT2D eigenvalue weighted by Crippen LogP contribution is 2.09. The zero-order valence-corrected chi connectivity index (χ0v) is 12.6. The number of methoxy groups -OCH3 is 1. The monoisotopic (exact) mass is 288 g/mol. The van der Waals surface area contributed by atoms with Crippen molar-refractivity contribution in [3.05, 3.63) is 0 Å². The number of hydrogen-bond donors (Lipinski definition) is 1. The summed E-state index contributed by atoms with van der Waals surface area (Å²) in [6.45, 7) is 5.36. The van der Waals surface area contributed by atoms with Crippen molar-refractivity contribution in [2.75, 3.05) is 26.7 Å². The minimum Gasteiger partial charge on any atom is -0.480 e. The van der Waals surface area contributed by atoms with Gasteiger partial charge in [-0.25, -0.2) is 4.79 Å². The zero-order valence-electron chi connectivity index (χ0n) is 12.6. The number of carbonyl (C=O) groups excluding carboxylic acids is 2. The van der Waals surface area contributed by atoms with Gasteiger partial charge in [-0.3, -0.25) is 9.59 Å². The Morgan fingerprint density at radius 2 is 1.80 bits per heavy atom. The quantitative estimate of drug-likeness (QED) is 0.678. The van der Waals surface area contributed by atoms with E-state index in [1.54, 1.807) is 6.92 Å². The van der Waals surface area contributed by atoms with Crippen LogP contribution in [-0.4, -0.2) is 65.7 Å². The molecule has 116 valence electrons. The first kappa shape index (κ1) is 18.2. The number of carbonyl (C=O) groups is 3. The van der Waals surface area contributed by atoms with E-state index in [1.807, 2.05) is 13.8 Å². The Bertz CT molecular complexity index is 346. The van der Waals surface area contributed by atoms with Crippen molar-refractivity contribution in [3.8, 4) is 0 Å². The average Bonchev–Trinajstić information content (AvgIpc) is 2.42. The van der Waals surface area contributed by atoms with Crippen LogP contribution in [0.5, 0.6) is 0 Å². The second-order valence-electron chi connectivity index (χ2n) is 4.56. The van der Waals surface area contributed by atoms with Gasteiger partial charge in [-0.05, 0) is 19.8 Å². The standard InChI is InChI=1S/C13H24N2O5/c1-5-7-14(9-12(18)20-4)13(19)15(8-11(16)17)10(3)6-2/h10H,5-9H2,1-4H3,(H,16,17). The van der Waals surface area contributed by atoms with Crippen molar-refractivity contribution in [2.45, 2.75) is 39.7 Å². The molecule has 0 saturated heterocycles. The molecular formula is C13H24N2O5. The van der Waals surface area contributed by atoms with Crippen LogP contribution in [0.15, 0.2) is 0 Å². The van der Waals surface area contributed by atoms with Gasteiger partial charge < -0.3 is 19.6 Å². The molecule has 0 aromatic heterocycles. The molecule has 1 atom stereocenters. The lowest BCUT2D eigenvalue weighted by atomic mass is 10.2. The summed E-state index contributed by atoms with van der Waals surface area (Å²) in [5, 5.41) is 8.91. The zero-order chi connectivity index (χ0) is 15.7. The number of urea groups is 1. The van der Waals surface area contributed by atoms with Crippen LogP contribution in [-0.2, 0) is 14.3 Å². The van der Waals surface area contributed by atoms with E-state index >= 15 is 0 Å². The molecule has 0 rings (SSSR count). The highest BCUT2D eigenvalue weighted by molar-refractivity contribution is 5.84. The van der Waals surface area contributed by atoms with Crippen molar-refractivity contribution >= 4 is 18.0 Å². The van der Waals surface area contributed by atoms with E-state index in [0.29, 0.717) is 19.4 Å². The van der Waals surface area contributed by atoms with E-state index in [9.17, 15) is 14.4 Å². The molecule has 1 unspecified atom stereocenters. The van der Waals surface area contributed by atoms with Crippen molar-refractivity contribution in [1.82, 2.24) is 9.80 Å². The van der Waals surface area contributed by atoms with Gasteiger partial charge >= 0.3 is 18.0 Å². The predicted octanol–water partition coefficient (Wildman–Crippen LogP) is 1.18. The SMILES string of the molecule is CCCN(CC(=O)OC)C(=O)N(CC(=O)O)C(C)CC. The fraction of sp³-hybridized carbons (Fsp3) is 0.769. The molecule has 0 aliphatic rings. The molecular weight excluding hydrogens is 264 g/mol. The average molecular weight is 288 g/mol. The first-order chi connectivity index (χ1) is 9.37. The Morgan fingerprint density at radius 1 is 1.20 bits per heavy atom. The second-order valence-corrected chi connectivity index (χ2v) is 4.56. The van der Waals surface area contributed by atoms with Crippen LogP contribution in [0.25, 0.3) is 0 Å². The van der Waals surface area contributed by atoms with Gasteiger partial charge in [-0.2, -0.15) is 0 Å². The van der Waals surface area contributed by atoms with Gasteiger partial charge in [0.15, 0.2) is 0 Å². The topological polar surface area (TPSA) is 87.2 Å². The summed E-state index contributed by atoms with van der Waals surface area (Å²) < 4.78 is 4.56. The second kappa shape index (κ2) is 9.17. The van der Waals surface area contributed by atoms with Gasteiger partial charge in [0, 0.05) is 12.6 Å². The third-order valence-corrected chi connectivity index (χ3v) is 2.99. The summed E-state index contributed by atoms with van der Waals surface area (Å²) in [6.07, 6.45) is 1.31. The molecule has 0 aromatic rings.